The van der Waals surface area contributed by atoms with E-state index in [-0.39, 0.29) is 0 Å². The molecule has 0 N–H and O–H groups in total. The number of ether oxygens (including phenoxy) is 1. The summed E-state index contributed by atoms with van der Waals surface area (Å²) < 4.78 is 6.30. The largest absolute Gasteiger partial charge is 0.493 e. The minimum atomic E-state index is 0.554. The molecular weight excluding hydrogens is 288 g/mol. The topological polar surface area (TPSA) is 9.23 Å². The van der Waals surface area contributed by atoms with Gasteiger partial charge in [-0.05, 0) is 42.0 Å². The van der Waals surface area contributed by atoms with Crippen molar-refractivity contribution in [1.29, 1.82) is 0 Å². The van der Waals surface area contributed by atoms with Crippen molar-refractivity contribution in [1.82, 2.24) is 0 Å². The molecule has 0 spiro atoms. The van der Waals surface area contributed by atoms with Gasteiger partial charge in [0, 0.05) is 15.8 Å². The first-order valence-electron chi connectivity index (χ1n) is 8.55. The van der Waals surface area contributed by atoms with E-state index in [2.05, 4.69) is 45.0 Å². The van der Waals surface area contributed by atoms with Crippen molar-refractivity contribution in [2.24, 2.45) is 0 Å². The number of rotatable bonds is 4. The molecule has 0 aliphatic heterocycles. The molecular formula is C20H26OS. The molecule has 0 radical (unpaired) electrons. The molecule has 22 heavy (non-hydrogen) atoms. The van der Waals surface area contributed by atoms with E-state index in [1.807, 2.05) is 0 Å². The molecule has 0 aromatic heterocycles. The van der Waals surface area contributed by atoms with Crippen LogP contribution in [0.4, 0.5) is 0 Å². The van der Waals surface area contributed by atoms with E-state index in [1.54, 1.807) is 0 Å². The van der Waals surface area contributed by atoms with Gasteiger partial charge in [0.05, 0.1) is 6.61 Å². The third-order valence-corrected chi connectivity index (χ3v) is 5.46. The average Bonchev–Trinajstić information content (AvgIpc) is 2.53. The van der Waals surface area contributed by atoms with Crippen LogP contribution in [0.1, 0.15) is 69.4 Å². The first kappa shape index (κ1) is 15.7. The molecule has 1 aliphatic carbocycles. The third kappa shape index (κ3) is 2.62. The van der Waals surface area contributed by atoms with Crippen LogP contribution in [0.5, 0.6) is 5.75 Å². The second kappa shape index (κ2) is 6.54. The third-order valence-electron chi connectivity index (χ3n) is 4.98. The van der Waals surface area contributed by atoms with Crippen LogP contribution in [0.25, 0.3) is 10.8 Å². The van der Waals surface area contributed by atoms with Crippen LogP contribution in [-0.2, 0) is 0 Å². The Morgan fingerprint density at radius 1 is 1.05 bits per heavy atom. The SMILES string of the molecule is CCCCOc1c2c(c(S)c3ccccc13)C(C)CCC2C. The van der Waals surface area contributed by atoms with Crippen molar-refractivity contribution in [2.75, 3.05) is 6.61 Å². The quantitative estimate of drug-likeness (QED) is 0.514. The van der Waals surface area contributed by atoms with Gasteiger partial charge in [-0.25, -0.2) is 0 Å². The molecule has 0 saturated carbocycles. The Kier molecular flexibility index (Phi) is 4.67. The van der Waals surface area contributed by atoms with Gasteiger partial charge in [0.1, 0.15) is 5.75 Å². The fourth-order valence-electron chi connectivity index (χ4n) is 3.68. The fraction of sp³-hybridized carbons (Fsp3) is 0.500. The summed E-state index contributed by atoms with van der Waals surface area (Å²) in [6, 6.07) is 8.56. The minimum Gasteiger partial charge on any atom is -0.493 e. The van der Waals surface area contributed by atoms with Gasteiger partial charge in [-0.1, -0.05) is 51.5 Å². The lowest BCUT2D eigenvalue weighted by Crippen LogP contribution is -2.14. The lowest BCUT2D eigenvalue weighted by Gasteiger charge is -2.32. The van der Waals surface area contributed by atoms with Crippen molar-refractivity contribution in [3.8, 4) is 5.75 Å². The number of fused-ring (bicyclic) bond motifs is 2. The van der Waals surface area contributed by atoms with Gasteiger partial charge in [0.15, 0.2) is 0 Å². The molecule has 0 fully saturated rings. The Bertz CT molecular complexity index is 677. The Morgan fingerprint density at radius 3 is 2.36 bits per heavy atom. The predicted molar refractivity (Wildman–Crippen MR) is 97.7 cm³/mol. The highest BCUT2D eigenvalue weighted by Gasteiger charge is 2.29. The number of unbranched alkanes of at least 4 members (excludes halogenated alkanes) is 1. The number of benzene rings is 2. The molecule has 0 amide bonds. The summed E-state index contributed by atoms with van der Waals surface area (Å²) in [6.07, 6.45) is 4.75. The van der Waals surface area contributed by atoms with Crippen LogP contribution in [0.3, 0.4) is 0 Å². The summed E-state index contributed by atoms with van der Waals surface area (Å²) in [5.41, 5.74) is 2.84. The zero-order chi connectivity index (χ0) is 15.7. The van der Waals surface area contributed by atoms with Gasteiger partial charge in [-0.15, -0.1) is 12.6 Å². The molecule has 2 heteroatoms. The molecule has 118 valence electrons. The van der Waals surface area contributed by atoms with Crippen LogP contribution >= 0.6 is 12.6 Å². The van der Waals surface area contributed by atoms with Crippen molar-refractivity contribution in [3.05, 3.63) is 35.4 Å². The van der Waals surface area contributed by atoms with E-state index in [0.717, 1.165) is 30.1 Å². The summed E-state index contributed by atoms with van der Waals surface area (Å²) >= 11 is 4.90. The van der Waals surface area contributed by atoms with Crippen molar-refractivity contribution in [2.45, 2.75) is 63.2 Å². The predicted octanol–water partition coefficient (Wildman–Crippen LogP) is 6.31. The van der Waals surface area contributed by atoms with Crippen LogP contribution < -0.4 is 4.74 Å². The molecule has 2 atom stereocenters. The van der Waals surface area contributed by atoms with Crippen LogP contribution in [-0.4, -0.2) is 6.61 Å². The highest BCUT2D eigenvalue weighted by Crippen LogP contribution is 2.49. The van der Waals surface area contributed by atoms with E-state index in [9.17, 15) is 0 Å². The van der Waals surface area contributed by atoms with Gasteiger partial charge in [-0.3, -0.25) is 0 Å². The lowest BCUT2D eigenvalue weighted by molar-refractivity contribution is 0.305. The average molecular weight is 314 g/mol. The highest BCUT2D eigenvalue weighted by atomic mass is 32.1. The number of hydrogen-bond donors (Lipinski definition) is 1. The molecule has 2 aromatic rings. The zero-order valence-corrected chi connectivity index (χ0v) is 14.7. The van der Waals surface area contributed by atoms with Gasteiger partial charge in [0.25, 0.3) is 0 Å². The zero-order valence-electron chi connectivity index (χ0n) is 13.9. The van der Waals surface area contributed by atoms with Gasteiger partial charge in [-0.2, -0.15) is 0 Å². The van der Waals surface area contributed by atoms with Crippen molar-refractivity contribution >= 4 is 23.4 Å². The molecule has 2 unspecified atom stereocenters. The van der Waals surface area contributed by atoms with Crippen LogP contribution in [0.2, 0.25) is 0 Å². The first-order chi connectivity index (χ1) is 10.6. The summed E-state index contributed by atoms with van der Waals surface area (Å²) in [7, 11) is 0. The molecule has 0 heterocycles. The Balaban J connectivity index is 2.25. The Labute approximate surface area is 139 Å². The van der Waals surface area contributed by atoms with Gasteiger partial charge >= 0.3 is 0 Å². The molecule has 2 aromatic carbocycles. The van der Waals surface area contributed by atoms with Crippen molar-refractivity contribution in [3.63, 3.8) is 0 Å². The van der Waals surface area contributed by atoms with Gasteiger partial charge < -0.3 is 4.74 Å². The lowest BCUT2D eigenvalue weighted by atomic mass is 9.76. The number of hydrogen-bond acceptors (Lipinski definition) is 2. The standard InChI is InChI=1S/C20H26OS/c1-4-5-12-21-19-15-8-6-7-9-16(15)20(22)18-14(3)11-10-13(2)17(18)19/h6-9,13-14,22H,4-5,10-12H2,1-3H3. The second-order valence-electron chi connectivity index (χ2n) is 6.63. The molecule has 3 rings (SSSR count). The monoisotopic (exact) mass is 314 g/mol. The molecule has 0 bridgehead atoms. The maximum absolute atomic E-state index is 6.30. The van der Waals surface area contributed by atoms with E-state index in [4.69, 9.17) is 17.4 Å². The number of thiol groups is 1. The van der Waals surface area contributed by atoms with Gasteiger partial charge in [0.2, 0.25) is 0 Å². The Morgan fingerprint density at radius 2 is 1.68 bits per heavy atom. The van der Waals surface area contributed by atoms with Crippen molar-refractivity contribution < 1.29 is 4.74 Å². The van der Waals surface area contributed by atoms with Crippen LogP contribution in [0.15, 0.2) is 29.2 Å². The van der Waals surface area contributed by atoms with E-state index in [1.165, 1.54) is 34.7 Å². The van der Waals surface area contributed by atoms with Crippen LogP contribution in [0, 0.1) is 0 Å². The van der Waals surface area contributed by atoms with E-state index in [0.29, 0.717) is 11.8 Å². The van der Waals surface area contributed by atoms with E-state index < -0.39 is 0 Å². The normalized spacial score (nSPS) is 20.9. The fourth-order valence-corrected chi connectivity index (χ4v) is 4.21. The smallest absolute Gasteiger partial charge is 0.130 e. The van der Waals surface area contributed by atoms with E-state index >= 15 is 0 Å². The Hall–Kier alpha value is -1.15. The molecule has 0 saturated heterocycles. The molecule has 1 nitrogen and oxygen atoms in total. The first-order valence-corrected chi connectivity index (χ1v) is 9.00. The summed E-state index contributed by atoms with van der Waals surface area (Å²) in [6.45, 7) is 7.67. The minimum absolute atomic E-state index is 0.554. The summed E-state index contributed by atoms with van der Waals surface area (Å²) in [4.78, 5) is 1.16. The second-order valence-corrected chi connectivity index (χ2v) is 7.08. The maximum atomic E-state index is 6.30. The highest BCUT2D eigenvalue weighted by molar-refractivity contribution is 7.80. The summed E-state index contributed by atoms with van der Waals surface area (Å²) in [5.74, 6) is 2.24. The summed E-state index contributed by atoms with van der Waals surface area (Å²) in [5, 5.41) is 2.46. The molecule has 1 aliphatic rings. The maximum Gasteiger partial charge on any atom is 0.130 e.